The maximum Gasteiger partial charge on any atom is 0.142 e. The molecule has 0 spiro atoms. The first-order valence-corrected chi connectivity index (χ1v) is 4.82. The Morgan fingerprint density at radius 2 is 2.43 bits per heavy atom. The lowest BCUT2D eigenvalue weighted by Gasteiger charge is -2.27. The zero-order chi connectivity index (χ0) is 10.1. The lowest BCUT2D eigenvalue weighted by molar-refractivity contribution is -0.108. The largest absolute Gasteiger partial charge is 0.360 e. The number of fused-ring (bicyclic) bond motifs is 1. The smallest absolute Gasteiger partial charge is 0.142 e. The van der Waals surface area contributed by atoms with Crippen molar-refractivity contribution >= 4 is 23.7 Å². The van der Waals surface area contributed by atoms with Crippen LogP contribution < -0.4 is 5.32 Å². The first-order chi connectivity index (χ1) is 6.72. The molecule has 74 valence electrons. The summed E-state index contributed by atoms with van der Waals surface area (Å²) in [5.41, 5.74) is 0.910. The SMILES string of the molecule is C[C@@H]1CC(C=O)Nc2ncnc(Cl)c21. The molecule has 4 nitrogen and oxygen atoms in total. The zero-order valence-electron chi connectivity index (χ0n) is 7.70. The third kappa shape index (κ3) is 1.46. The van der Waals surface area contributed by atoms with Crippen molar-refractivity contribution in [2.75, 3.05) is 5.32 Å². The van der Waals surface area contributed by atoms with Crippen LogP contribution in [0.25, 0.3) is 0 Å². The maximum absolute atomic E-state index is 10.7. The number of carbonyl (C=O) groups is 1. The molecule has 0 saturated heterocycles. The van der Waals surface area contributed by atoms with E-state index in [1.54, 1.807) is 0 Å². The Bertz CT molecular complexity index is 369. The van der Waals surface area contributed by atoms with Gasteiger partial charge in [0.15, 0.2) is 0 Å². The summed E-state index contributed by atoms with van der Waals surface area (Å²) in [5.74, 6) is 0.899. The molecule has 0 aromatic carbocycles. The third-order valence-electron chi connectivity index (χ3n) is 2.42. The predicted octanol–water partition coefficient (Wildman–Crippen LogP) is 1.62. The fourth-order valence-corrected chi connectivity index (χ4v) is 2.07. The normalized spacial score (nSPS) is 25.0. The zero-order valence-corrected chi connectivity index (χ0v) is 8.45. The lowest BCUT2D eigenvalue weighted by Crippen LogP contribution is -2.29. The van der Waals surface area contributed by atoms with E-state index in [0.717, 1.165) is 18.3 Å². The number of nitrogens with zero attached hydrogens (tertiary/aromatic N) is 2. The standard InChI is InChI=1S/C9H10ClN3O/c1-5-2-6(3-14)13-9-7(5)8(10)11-4-12-9/h3-6H,2H2,1H3,(H,11,12,13)/t5-,6?/m1/s1. The molecule has 1 unspecified atom stereocenters. The number of hydrogen-bond acceptors (Lipinski definition) is 4. The first kappa shape index (κ1) is 9.40. The van der Waals surface area contributed by atoms with Crippen molar-refractivity contribution in [3.63, 3.8) is 0 Å². The molecule has 14 heavy (non-hydrogen) atoms. The van der Waals surface area contributed by atoms with E-state index in [1.807, 2.05) is 6.92 Å². The highest BCUT2D eigenvalue weighted by Crippen LogP contribution is 2.35. The summed E-state index contributed by atoms with van der Waals surface area (Å²) in [5, 5.41) is 3.49. The van der Waals surface area contributed by atoms with E-state index in [2.05, 4.69) is 15.3 Å². The van der Waals surface area contributed by atoms with E-state index in [4.69, 9.17) is 11.6 Å². The minimum Gasteiger partial charge on any atom is -0.360 e. The van der Waals surface area contributed by atoms with Crippen molar-refractivity contribution < 1.29 is 4.79 Å². The van der Waals surface area contributed by atoms with Gasteiger partial charge in [-0.15, -0.1) is 0 Å². The molecule has 1 aliphatic heterocycles. The monoisotopic (exact) mass is 211 g/mol. The molecule has 1 aromatic heterocycles. The van der Waals surface area contributed by atoms with Gasteiger partial charge in [0.05, 0.1) is 6.04 Å². The van der Waals surface area contributed by atoms with Gasteiger partial charge in [0, 0.05) is 5.56 Å². The van der Waals surface area contributed by atoms with Crippen LogP contribution in [0.5, 0.6) is 0 Å². The molecule has 0 radical (unpaired) electrons. The molecule has 0 saturated carbocycles. The number of carbonyl (C=O) groups excluding carboxylic acids is 1. The van der Waals surface area contributed by atoms with Crippen LogP contribution in [0.4, 0.5) is 5.82 Å². The number of aldehydes is 1. The van der Waals surface area contributed by atoms with Crippen molar-refractivity contribution in [2.24, 2.45) is 0 Å². The molecule has 1 aromatic rings. The van der Waals surface area contributed by atoms with Gasteiger partial charge in [-0.2, -0.15) is 0 Å². The van der Waals surface area contributed by atoms with Crippen LogP contribution in [0, 0.1) is 0 Å². The Hall–Kier alpha value is -1.16. The number of anilines is 1. The van der Waals surface area contributed by atoms with Gasteiger partial charge in [0.1, 0.15) is 23.6 Å². The van der Waals surface area contributed by atoms with Crippen molar-refractivity contribution in [1.82, 2.24) is 9.97 Å². The Balaban J connectivity index is 2.44. The van der Waals surface area contributed by atoms with E-state index < -0.39 is 0 Å². The second-order valence-corrected chi connectivity index (χ2v) is 3.81. The van der Waals surface area contributed by atoms with Crippen LogP contribution in [0.15, 0.2) is 6.33 Å². The van der Waals surface area contributed by atoms with Gasteiger partial charge in [-0.25, -0.2) is 9.97 Å². The summed E-state index contributed by atoms with van der Waals surface area (Å²) < 4.78 is 0. The number of rotatable bonds is 1. The van der Waals surface area contributed by atoms with Crippen molar-refractivity contribution in [3.8, 4) is 0 Å². The average molecular weight is 212 g/mol. The Labute approximate surface area is 86.7 Å². The Morgan fingerprint density at radius 3 is 3.14 bits per heavy atom. The molecule has 0 bridgehead atoms. The van der Waals surface area contributed by atoms with Crippen LogP contribution in [0.3, 0.4) is 0 Å². The Morgan fingerprint density at radius 1 is 1.64 bits per heavy atom. The van der Waals surface area contributed by atoms with Crippen molar-refractivity contribution in [3.05, 3.63) is 17.0 Å². The van der Waals surface area contributed by atoms with Gasteiger partial charge < -0.3 is 10.1 Å². The maximum atomic E-state index is 10.7. The average Bonchev–Trinajstić information content (AvgIpc) is 2.17. The number of hydrogen-bond donors (Lipinski definition) is 1. The Kier molecular flexibility index (Phi) is 2.37. The number of halogens is 1. The lowest BCUT2D eigenvalue weighted by atomic mass is 9.92. The summed E-state index contributed by atoms with van der Waals surface area (Å²) in [6.07, 6.45) is 3.03. The molecule has 5 heteroatoms. The van der Waals surface area contributed by atoms with E-state index in [1.165, 1.54) is 6.33 Å². The third-order valence-corrected chi connectivity index (χ3v) is 2.72. The van der Waals surface area contributed by atoms with Crippen LogP contribution in [0.2, 0.25) is 5.15 Å². The van der Waals surface area contributed by atoms with Crippen LogP contribution in [-0.2, 0) is 4.79 Å². The molecule has 2 heterocycles. The van der Waals surface area contributed by atoms with Crippen LogP contribution in [-0.4, -0.2) is 22.3 Å². The van der Waals surface area contributed by atoms with E-state index in [9.17, 15) is 4.79 Å². The van der Waals surface area contributed by atoms with E-state index in [0.29, 0.717) is 11.0 Å². The second-order valence-electron chi connectivity index (χ2n) is 3.45. The fraction of sp³-hybridized carbons (Fsp3) is 0.444. The summed E-state index contributed by atoms with van der Waals surface area (Å²) in [6, 6.07) is -0.163. The molecule has 1 aliphatic rings. The molecule has 2 atom stereocenters. The molecular weight excluding hydrogens is 202 g/mol. The van der Waals surface area contributed by atoms with Crippen LogP contribution in [0.1, 0.15) is 24.8 Å². The predicted molar refractivity (Wildman–Crippen MR) is 53.5 cm³/mol. The topological polar surface area (TPSA) is 54.9 Å². The molecule has 1 N–H and O–H groups in total. The van der Waals surface area contributed by atoms with E-state index in [-0.39, 0.29) is 12.0 Å². The summed E-state index contributed by atoms with van der Waals surface area (Å²) >= 11 is 5.95. The summed E-state index contributed by atoms with van der Waals surface area (Å²) in [7, 11) is 0. The summed E-state index contributed by atoms with van der Waals surface area (Å²) in [6.45, 7) is 2.02. The fourth-order valence-electron chi connectivity index (χ4n) is 1.75. The minimum atomic E-state index is -0.163. The highest BCUT2D eigenvalue weighted by atomic mass is 35.5. The molecule has 0 amide bonds. The second kappa shape index (κ2) is 3.53. The van der Waals surface area contributed by atoms with Crippen molar-refractivity contribution in [2.45, 2.75) is 25.3 Å². The van der Waals surface area contributed by atoms with Gasteiger partial charge in [-0.3, -0.25) is 0 Å². The number of aromatic nitrogens is 2. The molecule has 0 fully saturated rings. The van der Waals surface area contributed by atoms with E-state index >= 15 is 0 Å². The number of nitrogens with one attached hydrogen (secondary N) is 1. The quantitative estimate of drug-likeness (QED) is 0.567. The molecule has 0 aliphatic carbocycles. The van der Waals surface area contributed by atoms with Gasteiger partial charge in [-0.05, 0) is 12.3 Å². The molecule has 2 rings (SSSR count). The van der Waals surface area contributed by atoms with Gasteiger partial charge in [0.2, 0.25) is 0 Å². The van der Waals surface area contributed by atoms with Gasteiger partial charge >= 0.3 is 0 Å². The van der Waals surface area contributed by atoms with Crippen molar-refractivity contribution in [1.29, 1.82) is 0 Å². The minimum absolute atomic E-state index is 0.163. The highest BCUT2D eigenvalue weighted by molar-refractivity contribution is 6.30. The highest BCUT2D eigenvalue weighted by Gasteiger charge is 2.26. The van der Waals surface area contributed by atoms with Gasteiger partial charge in [-0.1, -0.05) is 18.5 Å². The summed E-state index contributed by atoms with van der Waals surface area (Å²) in [4.78, 5) is 18.6. The van der Waals surface area contributed by atoms with Crippen LogP contribution >= 0.6 is 11.6 Å². The van der Waals surface area contributed by atoms with Gasteiger partial charge in [0.25, 0.3) is 0 Å². The first-order valence-electron chi connectivity index (χ1n) is 4.44. The molecular formula is C9H10ClN3O.